The van der Waals surface area contributed by atoms with Gasteiger partial charge in [0.15, 0.2) is 0 Å². The van der Waals surface area contributed by atoms with Gasteiger partial charge in [0.2, 0.25) is 5.91 Å². The maximum absolute atomic E-state index is 11.1. The first-order chi connectivity index (χ1) is 9.06. The highest BCUT2D eigenvalue weighted by atomic mass is 79.9. The molecule has 0 aliphatic heterocycles. The third-order valence-electron chi connectivity index (χ3n) is 3.96. The van der Waals surface area contributed by atoms with Crippen molar-refractivity contribution in [3.8, 4) is 0 Å². The lowest BCUT2D eigenvalue weighted by molar-refractivity contribution is -0.122. The molecule has 0 saturated heterocycles. The monoisotopic (exact) mass is 324 g/mol. The van der Waals surface area contributed by atoms with Crippen LogP contribution in [0.25, 0.3) is 0 Å². The van der Waals surface area contributed by atoms with Crippen LogP contribution >= 0.6 is 15.9 Å². The summed E-state index contributed by atoms with van der Waals surface area (Å²) in [6, 6.07) is 9.19. The summed E-state index contributed by atoms with van der Waals surface area (Å²) >= 11 is 3.50. The number of rotatable bonds is 4. The molecule has 1 aromatic rings. The van der Waals surface area contributed by atoms with Gasteiger partial charge in [0, 0.05) is 22.5 Å². The smallest absolute Gasteiger partial charge is 0.220 e. The lowest BCUT2D eigenvalue weighted by Crippen LogP contribution is -2.37. The summed E-state index contributed by atoms with van der Waals surface area (Å²) in [5, 5.41) is 3.65. The van der Waals surface area contributed by atoms with Gasteiger partial charge in [-0.25, -0.2) is 0 Å². The predicted molar refractivity (Wildman–Crippen MR) is 80.6 cm³/mol. The molecule has 3 nitrogen and oxygen atoms in total. The summed E-state index contributed by atoms with van der Waals surface area (Å²) in [5.74, 6) is -0.0577. The van der Waals surface area contributed by atoms with E-state index in [0.717, 1.165) is 30.2 Å². The van der Waals surface area contributed by atoms with Crippen molar-refractivity contribution >= 4 is 21.8 Å². The van der Waals surface area contributed by atoms with Crippen LogP contribution in [-0.2, 0) is 4.79 Å². The number of hydrogen-bond acceptors (Lipinski definition) is 2. The number of amides is 1. The summed E-state index contributed by atoms with van der Waals surface area (Å²) in [5.41, 5.74) is 6.64. The van der Waals surface area contributed by atoms with Crippen molar-refractivity contribution < 1.29 is 4.79 Å². The molecular formula is C15H21BrN2O. The summed E-state index contributed by atoms with van der Waals surface area (Å²) in [6.07, 6.45) is 3.90. The van der Waals surface area contributed by atoms with Crippen molar-refractivity contribution in [3.05, 3.63) is 34.3 Å². The second-order valence-corrected chi connectivity index (χ2v) is 6.31. The second-order valence-electron chi connectivity index (χ2n) is 5.39. The molecule has 0 aromatic heterocycles. The van der Waals surface area contributed by atoms with Crippen LogP contribution in [0, 0.1) is 5.92 Å². The molecule has 0 spiro atoms. The van der Waals surface area contributed by atoms with Crippen LogP contribution in [0.1, 0.15) is 44.2 Å². The summed E-state index contributed by atoms with van der Waals surface area (Å²) in [6.45, 7) is 2.18. The summed E-state index contributed by atoms with van der Waals surface area (Å²) in [7, 11) is 0. The van der Waals surface area contributed by atoms with Gasteiger partial charge in [0.25, 0.3) is 0 Å². The van der Waals surface area contributed by atoms with Gasteiger partial charge >= 0.3 is 0 Å². The maximum Gasteiger partial charge on any atom is 0.220 e. The van der Waals surface area contributed by atoms with E-state index in [1.54, 1.807) is 0 Å². The van der Waals surface area contributed by atoms with Gasteiger partial charge in [-0.1, -0.05) is 28.1 Å². The lowest BCUT2D eigenvalue weighted by atomic mass is 9.85. The molecule has 0 radical (unpaired) electrons. The normalized spacial score (nSPS) is 24.9. The van der Waals surface area contributed by atoms with Gasteiger partial charge in [-0.3, -0.25) is 4.79 Å². The zero-order chi connectivity index (χ0) is 13.8. The molecule has 0 heterocycles. The standard InChI is InChI=1S/C15H21BrN2O/c1-10(12-3-2-4-13(16)9-12)18-14-7-5-11(6-8-14)15(17)19/h2-4,9-11,14,18H,5-8H2,1H3,(H2,17,19). The number of carbonyl (C=O) groups excluding carboxylic acids is 1. The van der Waals surface area contributed by atoms with E-state index in [9.17, 15) is 4.79 Å². The second kappa shape index (κ2) is 6.53. The minimum Gasteiger partial charge on any atom is -0.369 e. The Bertz CT molecular complexity index is 442. The largest absolute Gasteiger partial charge is 0.369 e. The molecule has 4 heteroatoms. The third-order valence-corrected chi connectivity index (χ3v) is 4.46. The number of benzene rings is 1. The molecule has 1 amide bonds. The molecule has 2 rings (SSSR count). The molecule has 1 aliphatic carbocycles. The van der Waals surface area contributed by atoms with Crippen LogP contribution in [0.4, 0.5) is 0 Å². The molecule has 19 heavy (non-hydrogen) atoms. The molecule has 1 aliphatic rings. The van der Waals surface area contributed by atoms with Gasteiger partial charge < -0.3 is 11.1 Å². The van der Waals surface area contributed by atoms with E-state index in [4.69, 9.17) is 5.73 Å². The average molecular weight is 325 g/mol. The molecule has 1 unspecified atom stereocenters. The Kier molecular flexibility index (Phi) is 4.99. The average Bonchev–Trinajstić information content (AvgIpc) is 2.39. The van der Waals surface area contributed by atoms with Crippen molar-refractivity contribution in [3.63, 3.8) is 0 Å². The van der Waals surface area contributed by atoms with Crippen molar-refractivity contribution in [2.45, 2.75) is 44.7 Å². The van der Waals surface area contributed by atoms with Gasteiger partial charge in [0.1, 0.15) is 0 Å². The van der Waals surface area contributed by atoms with Gasteiger partial charge in [-0.2, -0.15) is 0 Å². The van der Waals surface area contributed by atoms with E-state index in [1.807, 2.05) is 6.07 Å². The number of carbonyl (C=O) groups is 1. The van der Waals surface area contributed by atoms with Crippen LogP contribution in [0.2, 0.25) is 0 Å². The van der Waals surface area contributed by atoms with E-state index in [0.29, 0.717) is 12.1 Å². The highest BCUT2D eigenvalue weighted by Gasteiger charge is 2.25. The number of nitrogens with two attached hydrogens (primary N) is 1. The lowest BCUT2D eigenvalue weighted by Gasteiger charge is -2.30. The van der Waals surface area contributed by atoms with Gasteiger partial charge in [-0.15, -0.1) is 0 Å². The van der Waals surface area contributed by atoms with Gasteiger partial charge in [0.05, 0.1) is 0 Å². The number of nitrogens with one attached hydrogen (secondary N) is 1. The molecule has 104 valence electrons. The Morgan fingerprint density at radius 3 is 2.63 bits per heavy atom. The van der Waals surface area contributed by atoms with Crippen molar-refractivity contribution in [1.82, 2.24) is 5.32 Å². The summed E-state index contributed by atoms with van der Waals surface area (Å²) in [4.78, 5) is 11.1. The fraction of sp³-hybridized carbons (Fsp3) is 0.533. The van der Waals surface area contributed by atoms with Crippen molar-refractivity contribution in [1.29, 1.82) is 0 Å². The van der Waals surface area contributed by atoms with Crippen LogP contribution < -0.4 is 11.1 Å². The summed E-state index contributed by atoms with van der Waals surface area (Å²) < 4.78 is 1.11. The number of hydrogen-bond donors (Lipinski definition) is 2. The van der Waals surface area contributed by atoms with E-state index >= 15 is 0 Å². The van der Waals surface area contributed by atoms with Crippen LogP contribution in [-0.4, -0.2) is 11.9 Å². The highest BCUT2D eigenvalue weighted by molar-refractivity contribution is 9.10. The van der Waals surface area contributed by atoms with E-state index in [-0.39, 0.29) is 11.8 Å². The minimum atomic E-state index is -0.140. The number of halogens is 1. The van der Waals surface area contributed by atoms with E-state index < -0.39 is 0 Å². The first-order valence-electron chi connectivity index (χ1n) is 6.87. The Hall–Kier alpha value is -0.870. The Morgan fingerprint density at radius 2 is 2.05 bits per heavy atom. The van der Waals surface area contributed by atoms with Crippen molar-refractivity contribution in [2.24, 2.45) is 11.7 Å². The number of primary amides is 1. The molecular weight excluding hydrogens is 304 g/mol. The first-order valence-corrected chi connectivity index (χ1v) is 7.66. The molecule has 1 aromatic carbocycles. The molecule has 1 fully saturated rings. The Balaban J connectivity index is 1.87. The SMILES string of the molecule is CC(NC1CCC(C(N)=O)CC1)c1cccc(Br)c1. The van der Waals surface area contributed by atoms with E-state index in [1.165, 1.54) is 5.56 Å². The van der Waals surface area contributed by atoms with Gasteiger partial charge in [-0.05, 0) is 50.3 Å². The third kappa shape index (κ3) is 4.05. The zero-order valence-electron chi connectivity index (χ0n) is 11.2. The highest BCUT2D eigenvalue weighted by Crippen LogP contribution is 2.26. The van der Waals surface area contributed by atoms with Crippen molar-refractivity contribution in [2.75, 3.05) is 0 Å². The molecule has 3 N–H and O–H groups in total. The van der Waals surface area contributed by atoms with Crippen LogP contribution in [0.3, 0.4) is 0 Å². The minimum absolute atomic E-state index is 0.0826. The first kappa shape index (κ1) is 14.5. The Labute approximate surface area is 123 Å². The molecule has 1 saturated carbocycles. The predicted octanol–water partition coefficient (Wildman–Crippen LogP) is 3.14. The van der Waals surface area contributed by atoms with Crippen LogP contribution in [0.5, 0.6) is 0 Å². The Morgan fingerprint density at radius 1 is 1.37 bits per heavy atom. The molecule has 1 atom stereocenters. The topological polar surface area (TPSA) is 55.1 Å². The van der Waals surface area contributed by atoms with E-state index in [2.05, 4.69) is 46.4 Å². The fourth-order valence-corrected chi connectivity index (χ4v) is 3.19. The fourth-order valence-electron chi connectivity index (χ4n) is 2.77. The maximum atomic E-state index is 11.1. The quantitative estimate of drug-likeness (QED) is 0.893. The van der Waals surface area contributed by atoms with Crippen LogP contribution in [0.15, 0.2) is 28.7 Å². The zero-order valence-corrected chi connectivity index (χ0v) is 12.8. The molecule has 0 bridgehead atoms.